The van der Waals surface area contributed by atoms with Crippen molar-refractivity contribution in [2.45, 2.75) is 26.3 Å². The van der Waals surface area contributed by atoms with Crippen molar-refractivity contribution in [3.8, 4) is 5.69 Å². The molecule has 1 atom stereocenters. The van der Waals surface area contributed by atoms with Gasteiger partial charge in [-0.15, -0.1) is 0 Å². The first-order valence-electron chi connectivity index (χ1n) is 12.2. The molecule has 0 aliphatic carbocycles. The van der Waals surface area contributed by atoms with Gasteiger partial charge >= 0.3 is 0 Å². The van der Waals surface area contributed by atoms with Gasteiger partial charge in [-0.3, -0.25) is 9.69 Å². The molecule has 0 spiro atoms. The lowest BCUT2D eigenvalue weighted by molar-refractivity contribution is -0.133. The highest BCUT2D eigenvalue weighted by Crippen LogP contribution is 2.24. The smallest absolute Gasteiger partial charge is 0.236 e. The van der Waals surface area contributed by atoms with Crippen LogP contribution in [0.1, 0.15) is 24.5 Å². The molecule has 1 amide bonds. The van der Waals surface area contributed by atoms with Gasteiger partial charge in [0.15, 0.2) is 0 Å². The summed E-state index contributed by atoms with van der Waals surface area (Å²) in [5.74, 6) is 0.240. The van der Waals surface area contributed by atoms with Crippen LogP contribution >= 0.6 is 0 Å². The van der Waals surface area contributed by atoms with Crippen LogP contribution in [0, 0.1) is 6.92 Å². The molecule has 176 valence electrons. The summed E-state index contributed by atoms with van der Waals surface area (Å²) in [5, 5.41) is 4.53. The molecule has 1 fully saturated rings. The zero-order chi connectivity index (χ0) is 23.5. The van der Waals surface area contributed by atoms with Crippen LogP contribution in [0.25, 0.3) is 11.3 Å². The third kappa shape index (κ3) is 4.92. The Hall–Kier alpha value is -3.38. The Balaban J connectivity index is 1.15. The van der Waals surface area contributed by atoms with Crippen molar-refractivity contribution in [1.82, 2.24) is 19.6 Å². The molecule has 2 aliphatic heterocycles. The average molecular weight is 456 g/mol. The van der Waals surface area contributed by atoms with E-state index in [0.717, 1.165) is 50.4 Å². The monoisotopic (exact) mass is 455 g/mol. The van der Waals surface area contributed by atoms with E-state index >= 15 is 0 Å². The third-order valence-electron chi connectivity index (χ3n) is 6.94. The first-order valence-corrected chi connectivity index (χ1v) is 12.2. The molecule has 0 bridgehead atoms. The maximum atomic E-state index is 13.1. The molecule has 34 heavy (non-hydrogen) atoms. The number of nitrogens with zero attached hydrogens (tertiary/aromatic N) is 5. The van der Waals surface area contributed by atoms with E-state index < -0.39 is 0 Å². The van der Waals surface area contributed by atoms with Crippen LogP contribution in [0.4, 0.5) is 5.69 Å². The van der Waals surface area contributed by atoms with Gasteiger partial charge < -0.3 is 9.80 Å². The molecule has 1 saturated heterocycles. The van der Waals surface area contributed by atoms with Gasteiger partial charge in [0.2, 0.25) is 5.91 Å². The Bertz CT molecular complexity index is 1170. The number of anilines is 1. The van der Waals surface area contributed by atoms with Crippen molar-refractivity contribution in [2.75, 3.05) is 44.2 Å². The molecule has 5 rings (SSSR count). The zero-order valence-corrected chi connectivity index (χ0v) is 20.1. The summed E-state index contributed by atoms with van der Waals surface area (Å²) >= 11 is 0. The van der Waals surface area contributed by atoms with Crippen LogP contribution in [0.2, 0.25) is 0 Å². The van der Waals surface area contributed by atoms with Gasteiger partial charge in [0.25, 0.3) is 0 Å². The van der Waals surface area contributed by atoms with Crippen LogP contribution in [0.3, 0.4) is 0 Å². The van der Waals surface area contributed by atoms with E-state index in [1.165, 1.54) is 16.8 Å². The van der Waals surface area contributed by atoms with E-state index in [-0.39, 0.29) is 5.91 Å². The number of rotatable bonds is 5. The Morgan fingerprint density at radius 2 is 1.85 bits per heavy atom. The second kappa shape index (κ2) is 9.85. The van der Waals surface area contributed by atoms with Crippen LogP contribution < -0.4 is 4.90 Å². The molecule has 1 aromatic heterocycles. The molecule has 2 aromatic carbocycles. The van der Waals surface area contributed by atoms with E-state index in [9.17, 15) is 4.79 Å². The number of hydrogen-bond donors (Lipinski definition) is 0. The van der Waals surface area contributed by atoms with Crippen molar-refractivity contribution in [3.05, 3.63) is 84.2 Å². The van der Waals surface area contributed by atoms with Crippen LogP contribution in [-0.2, 0) is 4.79 Å². The number of para-hydroxylation sites is 1. The molecule has 2 aliphatic rings. The predicted octanol–water partition coefficient (Wildman–Crippen LogP) is 4.01. The fourth-order valence-corrected chi connectivity index (χ4v) is 4.99. The summed E-state index contributed by atoms with van der Waals surface area (Å²) in [6.45, 7) is 8.97. The predicted molar refractivity (Wildman–Crippen MR) is 137 cm³/mol. The van der Waals surface area contributed by atoms with Crippen LogP contribution in [0.5, 0.6) is 0 Å². The Morgan fingerprint density at radius 1 is 1.03 bits per heavy atom. The number of amides is 1. The van der Waals surface area contributed by atoms with E-state index in [1.54, 1.807) is 0 Å². The standard InChI is InChI=1S/C28H33N5O/c1-22-7-6-10-27(17-22)32-16-15-31(19-23(32)2)28(34)21-30-13-11-24(12-14-30)25-18-29-33(20-25)26-8-4-3-5-9-26/h3-11,17-18,20,23H,12-16,19,21H2,1-2H3/t23-/m1/s1. The van der Waals surface area contributed by atoms with E-state index in [0.29, 0.717) is 12.6 Å². The molecule has 6 nitrogen and oxygen atoms in total. The average Bonchev–Trinajstić information content (AvgIpc) is 3.35. The zero-order valence-electron chi connectivity index (χ0n) is 20.1. The largest absolute Gasteiger partial charge is 0.365 e. The highest BCUT2D eigenvalue weighted by atomic mass is 16.2. The van der Waals surface area contributed by atoms with E-state index in [4.69, 9.17) is 0 Å². The minimum atomic E-state index is 0.240. The highest BCUT2D eigenvalue weighted by Gasteiger charge is 2.28. The van der Waals surface area contributed by atoms with Gasteiger partial charge in [-0.2, -0.15) is 5.10 Å². The number of aromatic nitrogens is 2. The van der Waals surface area contributed by atoms with E-state index in [2.05, 4.69) is 77.4 Å². The van der Waals surface area contributed by atoms with Gasteiger partial charge in [0, 0.05) is 56.2 Å². The van der Waals surface area contributed by atoms with Crippen molar-refractivity contribution in [3.63, 3.8) is 0 Å². The fourth-order valence-electron chi connectivity index (χ4n) is 4.99. The number of carbonyl (C=O) groups is 1. The van der Waals surface area contributed by atoms with Gasteiger partial charge in [-0.1, -0.05) is 36.4 Å². The van der Waals surface area contributed by atoms with Crippen molar-refractivity contribution in [2.24, 2.45) is 0 Å². The summed E-state index contributed by atoms with van der Waals surface area (Å²) in [5.41, 5.74) is 6.06. The second-order valence-electron chi connectivity index (χ2n) is 9.44. The molecule has 3 heterocycles. The Labute approximate surface area is 202 Å². The molecular weight excluding hydrogens is 422 g/mol. The lowest BCUT2D eigenvalue weighted by Gasteiger charge is -2.42. The molecule has 0 unspecified atom stereocenters. The minimum Gasteiger partial charge on any atom is -0.365 e. The van der Waals surface area contributed by atoms with Gasteiger partial charge in [-0.25, -0.2) is 4.68 Å². The molecular formula is C28H33N5O. The van der Waals surface area contributed by atoms with Crippen LogP contribution in [-0.4, -0.2) is 70.8 Å². The summed E-state index contributed by atoms with van der Waals surface area (Å²) in [6, 6.07) is 19.1. The highest BCUT2D eigenvalue weighted by molar-refractivity contribution is 5.79. The van der Waals surface area contributed by atoms with Crippen molar-refractivity contribution >= 4 is 17.2 Å². The lowest BCUT2D eigenvalue weighted by Crippen LogP contribution is -2.55. The fraction of sp³-hybridized carbons (Fsp3) is 0.357. The molecule has 0 N–H and O–H groups in total. The first kappa shape index (κ1) is 22.4. The maximum absolute atomic E-state index is 13.1. The van der Waals surface area contributed by atoms with E-state index in [1.807, 2.05) is 34.0 Å². The van der Waals surface area contributed by atoms with Crippen LogP contribution in [0.15, 0.2) is 73.1 Å². The summed E-state index contributed by atoms with van der Waals surface area (Å²) in [4.78, 5) is 19.8. The van der Waals surface area contributed by atoms with Gasteiger partial charge in [-0.05, 0) is 55.7 Å². The van der Waals surface area contributed by atoms with Gasteiger partial charge in [0.1, 0.15) is 0 Å². The Morgan fingerprint density at radius 3 is 2.59 bits per heavy atom. The first-order chi connectivity index (χ1) is 16.6. The Kier molecular flexibility index (Phi) is 6.50. The number of aryl methyl sites for hydroxylation is 1. The minimum absolute atomic E-state index is 0.240. The number of piperazine rings is 1. The molecule has 6 heteroatoms. The lowest BCUT2D eigenvalue weighted by atomic mass is 10.0. The summed E-state index contributed by atoms with van der Waals surface area (Å²) < 4.78 is 1.92. The summed E-state index contributed by atoms with van der Waals surface area (Å²) in [6.07, 6.45) is 7.22. The topological polar surface area (TPSA) is 44.6 Å². The van der Waals surface area contributed by atoms with Crippen molar-refractivity contribution < 1.29 is 4.79 Å². The third-order valence-corrected chi connectivity index (χ3v) is 6.94. The van der Waals surface area contributed by atoms with Crippen molar-refractivity contribution in [1.29, 1.82) is 0 Å². The second-order valence-corrected chi connectivity index (χ2v) is 9.44. The SMILES string of the molecule is Cc1cccc(N2CCN(C(=O)CN3CC=C(c4cnn(-c5ccccc5)c4)CC3)C[C@H]2C)c1. The number of benzene rings is 2. The van der Waals surface area contributed by atoms with Gasteiger partial charge in [0.05, 0.1) is 18.4 Å². The molecule has 0 radical (unpaired) electrons. The molecule has 0 saturated carbocycles. The maximum Gasteiger partial charge on any atom is 0.236 e. The number of hydrogen-bond acceptors (Lipinski definition) is 4. The molecule has 3 aromatic rings. The quantitative estimate of drug-likeness (QED) is 0.583. The summed E-state index contributed by atoms with van der Waals surface area (Å²) in [7, 11) is 0. The number of carbonyl (C=O) groups excluding carboxylic acids is 1. The normalized spacial score (nSPS) is 19.2.